The minimum atomic E-state index is -0.517. The molecule has 0 fully saturated rings. The molecule has 1 heterocycles. The minimum absolute atomic E-state index is 0.517. The Kier molecular flexibility index (Phi) is 7.42. The summed E-state index contributed by atoms with van der Waals surface area (Å²) in [4.78, 5) is 0. The molecule has 0 saturated heterocycles. The maximum absolute atomic E-state index is 2.47. The van der Waals surface area contributed by atoms with Crippen molar-refractivity contribution in [3.63, 3.8) is 0 Å². The summed E-state index contributed by atoms with van der Waals surface area (Å²) in [6, 6.07) is 81.3. The first-order valence-corrected chi connectivity index (χ1v) is 20.9. The Morgan fingerprint density at radius 3 is 1.40 bits per heavy atom. The summed E-state index contributed by atoms with van der Waals surface area (Å²) in [6.07, 6.45) is 0. The average Bonchev–Trinajstić information content (AvgIpc) is 3.83. The maximum atomic E-state index is 2.47. The van der Waals surface area contributed by atoms with Gasteiger partial charge in [0.2, 0.25) is 0 Å². The quantitative estimate of drug-likeness (QED) is 0.154. The molecular weight excluding hydrogens is 717 g/mol. The second kappa shape index (κ2) is 13.0. The first kappa shape index (κ1) is 33.1. The van der Waals surface area contributed by atoms with Crippen LogP contribution < -0.4 is 0 Å². The monoisotopic (exact) mass is 752 g/mol. The smallest absolute Gasteiger partial charge is 0.0713 e. The van der Waals surface area contributed by atoms with E-state index in [0.29, 0.717) is 0 Å². The van der Waals surface area contributed by atoms with Crippen LogP contribution in [0.15, 0.2) is 218 Å². The van der Waals surface area contributed by atoms with Crippen molar-refractivity contribution < 1.29 is 0 Å². The van der Waals surface area contributed by atoms with Crippen LogP contribution in [0.5, 0.6) is 0 Å². The van der Waals surface area contributed by atoms with Crippen molar-refractivity contribution in [2.75, 3.05) is 0 Å². The van der Waals surface area contributed by atoms with E-state index in [-0.39, 0.29) is 0 Å². The Morgan fingerprint density at radius 1 is 0.293 bits per heavy atom. The van der Waals surface area contributed by atoms with Crippen molar-refractivity contribution in [1.29, 1.82) is 0 Å². The van der Waals surface area contributed by atoms with Gasteiger partial charge in [0.25, 0.3) is 0 Å². The van der Waals surface area contributed by atoms with Crippen LogP contribution in [0.25, 0.3) is 86.2 Å². The molecule has 0 nitrogen and oxygen atoms in total. The van der Waals surface area contributed by atoms with Gasteiger partial charge >= 0.3 is 0 Å². The van der Waals surface area contributed by atoms with Gasteiger partial charge in [-0.25, -0.2) is 0 Å². The van der Waals surface area contributed by atoms with Crippen LogP contribution in [0.1, 0.15) is 22.3 Å². The van der Waals surface area contributed by atoms with Crippen LogP contribution in [0.4, 0.5) is 0 Å². The molecule has 0 saturated carbocycles. The highest BCUT2D eigenvalue weighted by Gasteiger charge is 2.46. The fourth-order valence-corrected chi connectivity index (χ4v) is 11.4. The molecule has 0 amide bonds. The number of hydrogen-bond donors (Lipinski definition) is 0. The van der Waals surface area contributed by atoms with Gasteiger partial charge in [-0.15, -0.1) is 11.3 Å². The summed E-state index contributed by atoms with van der Waals surface area (Å²) in [5.41, 5.74) is 14.8. The van der Waals surface area contributed by atoms with Gasteiger partial charge in [-0.05, 0) is 100 Å². The molecule has 1 heteroatoms. The Bertz CT molecular complexity index is 3280. The van der Waals surface area contributed by atoms with E-state index in [1.165, 1.54) is 108 Å². The normalized spacial score (nSPS) is 13.0. The van der Waals surface area contributed by atoms with Crippen LogP contribution in [-0.4, -0.2) is 0 Å². The molecule has 0 atom stereocenters. The molecule has 270 valence electrons. The Morgan fingerprint density at radius 2 is 0.759 bits per heavy atom. The molecule has 0 bridgehead atoms. The lowest BCUT2D eigenvalue weighted by Gasteiger charge is -2.34. The molecule has 0 radical (unpaired) electrons. The van der Waals surface area contributed by atoms with E-state index in [1.54, 1.807) is 0 Å². The summed E-state index contributed by atoms with van der Waals surface area (Å²) in [6.45, 7) is 0. The zero-order chi connectivity index (χ0) is 38.2. The number of thiophene rings is 1. The van der Waals surface area contributed by atoms with Gasteiger partial charge in [-0.1, -0.05) is 206 Å². The van der Waals surface area contributed by atoms with Gasteiger partial charge in [-0.2, -0.15) is 0 Å². The van der Waals surface area contributed by atoms with Crippen molar-refractivity contribution in [2.45, 2.75) is 5.41 Å². The molecule has 10 aromatic carbocycles. The first-order chi connectivity index (χ1) is 28.8. The van der Waals surface area contributed by atoms with Crippen LogP contribution in [0.3, 0.4) is 0 Å². The van der Waals surface area contributed by atoms with Gasteiger partial charge in [0.15, 0.2) is 0 Å². The summed E-state index contributed by atoms with van der Waals surface area (Å²) >= 11 is 1.89. The molecule has 1 aromatic heterocycles. The standard InChI is InChI=1S/C57H36S/c1-2-16-37(17-3-1)54-46-23-4-6-25-48(46)55(49-26-7-5-24-47(49)54)38-32-34-40(35-33-38)57(51-29-11-8-20-43(51)44-21-9-12-30-52(44)57)41-19-14-18-39(36-41)42-27-15-28-50-45-22-10-13-31-53(45)58-56(42)50/h1-36H. The summed E-state index contributed by atoms with van der Waals surface area (Å²) in [7, 11) is 0. The number of hydrogen-bond acceptors (Lipinski definition) is 1. The Labute approximate surface area is 342 Å². The first-order valence-electron chi connectivity index (χ1n) is 20.1. The van der Waals surface area contributed by atoms with Crippen molar-refractivity contribution in [2.24, 2.45) is 0 Å². The second-order valence-electron chi connectivity index (χ2n) is 15.5. The third-order valence-corrected chi connectivity index (χ3v) is 13.8. The molecule has 11 aromatic rings. The molecule has 1 aliphatic carbocycles. The van der Waals surface area contributed by atoms with Gasteiger partial charge in [-0.3, -0.25) is 0 Å². The highest BCUT2D eigenvalue weighted by atomic mass is 32.1. The van der Waals surface area contributed by atoms with E-state index >= 15 is 0 Å². The highest BCUT2D eigenvalue weighted by Crippen LogP contribution is 2.57. The van der Waals surface area contributed by atoms with Crippen molar-refractivity contribution >= 4 is 53.1 Å². The lowest BCUT2D eigenvalue weighted by molar-refractivity contribution is 0.769. The average molecular weight is 753 g/mol. The highest BCUT2D eigenvalue weighted by molar-refractivity contribution is 7.26. The van der Waals surface area contributed by atoms with Gasteiger partial charge < -0.3 is 0 Å². The molecule has 0 spiro atoms. The maximum Gasteiger partial charge on any atom is 0.0713 e. The lowest BCUT2D eigenvalue weighted by atomic mass is 9.67. The van der Waals surface area contributed by atoms with E-state index in [2.05, 4.69) is 218 Å². The molecule has 12 rings (SSSR count). The van der Waals surface area contributed by atoms with E-state index in [9.17, 15) is 0 Å². The van der Waals surface area contributed by atoms with Crippen LogP contribution >= 0.6 is 11.3 Å². The van der Waals surface area contributed by atoms with Gasteiger partial charge in [0, 0.05) is 20.2 Å². The fraction of sp³-hybridized carbons (Fsp3) is 0.0175. The summed E-state index contributed by atoms with van der Waals surface area (Å²) < 4.78 is 2.66. The van der Waals surface area contributed by atoms with E-state index in [1.807, 2.05) is 11.3 Å². The molecule has 0 unspecified atom stereocenters. The Balaban J connectivity index is 1.09. The summed E-state index contributed by atoms with van der Waals surface area (Å²) in [5, 5.41) is 7.72. The van der Waals surface area contributed by atoms with Crippen LogP contribution in [-0.2, 0) is 5.41 Å². The number of fused-ring (bicyclic) bond motifs is 8. The largest absolute Gasteiger partial charge is 0.135 e. The third-order valence-electron chi connectivity index (χ3n) is 12.6. The third kappa shape index (κ3) is 4.75. The zero-order valence-electron chi connectivity index (χ0n) is 31.7. The Hall–Kier alpha value is -7.06. The molecule has 0 aliphatic heterocycles. The number of benzene rings is 10. The topological polar surface area (TPSA) is 0 Å². The minimum Gasteiger partial charge on any atom is -0.135 e. The van der Waals surface area contributed by atoms with Gasteiger partial charge in [0.1, 0.15) is 0 Å². The van der Waals surface area contributed by atoms with Gasteiger partial charge in [0.05, 0.1) is 5.41 Å². The van der Waals surface area contributed by atoms with Crippen LogP contribution in [0, 0.1) is 0 Å². The van der Waals surface area contributed by atoms with E-state index in [4.69, 9.17) is 0 Å². The van der Waals surface area contributed by atoms with Crippen molar-refractivity contribution in [3.05, 3.63) is 241 Å². The molecule has 1 aliphatic rings. The lowest BCUT2D eigenvalue weighted by Crippen LogP contribution is -2.28. The molecular formula is C57H36S. The predicted molar refractivity (Wildman–Crippen MR) is 248 cm³/mol. The SMILES string of the molecule is c1ccc(-c2c3ccccc3c(-c3ccc(C4(c5cccc(-c6cccc7c6sc6ccccc67)c5)c5ccccc5-c5ccccc54)cc3)c3ccccc23)cc1. The zero-order valence-corrected chi connectivity index (χ0v) is 32.5. The fourth-order valence-electron chi connectivity index (χ4n) is 10.2. The number of rotatable bonds is 5. The molecule has 58 heavy (non-hydrogen) atoms. The molecule has 0 N–H and O–H groups in total. The van der Waals surface area contributed by atoms with Crippen molar-refractivity contribution in [3.8, 4) is 44.5 Å². The second-order valence-corrected chi connectivity index (χ2v) is 16.5. The van der Waals surface area contributed by atoms with E-state index < -0.39 is 5.41 Å². The van der Waals surface area contributed by atoms with E-state index in [0.717, 1.165) is 0 Å². The predicted octanol–water partition coefficient (Wildman–Crippen LogP) is 15.7. The summed E-state index contributed by atoms with van der Waals surface area (Å²) in [5.74, 6) is 0. The van der Waals surface area contributed by atoms with Crippen LogP contribution in [0.2, 0.25) is 0 Å². The van der Waals surface area contributed by atoms with Crippen molar-refractivity contribution in [1.82, 2.24) is 0 Å².